The van der Waals surface area contributed by atoms with E-state index in [0.717, 1.165) is 12.0 Å². The van der Waals surface area contributed by atoms with Gasteiger partial charge < -0.3 is 5.32 Å². The number of thioether (sulfide) groups is 1. The van der Waals surface area contributed by atoms with Crippen LogP contribution in [0.25, 0.3) is 0 Å². The SMILES string of the molecule is CC(C)CCCNC1CCSC1. The molecule has 1 aliphatic rings. The van der Waals surface area contributed by atoms with Crippen LogP contribution < -0.4 is 5.32 Å². The molecule has 1 nitrogen and oxygen atoms in total. The molecule has 72 valence electrons. The Morgan fingerprint density at radius 3 is 2.92 bits per heavy atom. The fourth-order valence-electron chi connectivity index (χ4n) is 1.51. The molecule has 12 heavy (non-hydrogen) atoms. The Morgan fingerprint density at radius 1 is 1.50 bits per heavy atom. The standard InChI is InChI=1S/C10H21NS/c1-9(2)4-3-6-11-10-5-7-12-8-10/h9-11H,3-8H2,1-2H3. The fraction of sp³-hybridized carbons (Fsp3) is 1.00. The third-order valence-electron chi connectivity index (χ3n) is 2.32. The van der Waals surface area contributed by atoms with E-state index in [9.17, 15) is 0 Å². The second kappa shape index (κ2) is 5.87. The van der Waals surface area contributed by atoms with Crippen LogP contribution in [-0.2, 0) is 0 Å². The van der Waals surface area contributed by atoms with Crippen LogP contribution in [0.4, 0.5) is 0 Å². The molecule has 1 unspecified atom stereocenters. The molecule has 1 saturated heterocycles. The van der Waals surface area contributed by atoms with Crippen LogP contribution in [0.15, 0.2) is 0 Å². The quantitative estimate of drug-likeness (QED) is 0.664. The lowest BCUT2D eigenvalue weighted by Crippen LogP contribution is -2.29. The first-order valence-electron chi connectivity index (χ1n) is 5.10. The smallest absolute Gasteiger partial charge is 0.0166 e. The number of nitrogens with one attached hydrogen (secondary N) is 1. The van der Waals surface area contributed by atoms with E-state index in [1.54, 1.807) is 0 Å². The van der Waals surface area contributed by atoms with Gasteiger partial charge >= 0.3 is 0 Å². The summed E-state index contributed by atoms with van der Waals surface area (Å²) >= 11 is 2.08. The van der Waals surface area contributed by atoms with Gasteiger partial charge in [0.25, 0.3) is 0 Å². The van der Waals surface area contributed by atoms with E-state index in [0.29, 0.717) is 0 Å². The molecular formula is C10H21NS. The molecule has 0 spiro atoms. The van der Waals surface area contributed by atoms with Crippen molar-refractivity contribution in [3.63, 3.8) is 0 Å². The lowest BCUT2D eigenvalue weighted by atomic mass is 10.1. The summed E-state index contributed by atoms with van der Waals surface area (Å²) in [7, 11) is 0. The highest BCUT2D eigenvalue weighted by Crippen LogP contribution is 2.16. The monoisotopic (exact) mass is 187 g/mol. The predicted molar refractivity (Wildman–Crippen MR) is 57.8 cm³/mol. The maximum atomic E-state index is 3.62. The van der Waals surface area contributed by atoms with Crippen LogP contribution in [0, 0.1) is 5.92 Å². The van der Waals surface area contributed by atoms with Crippen LogP contribution in [0.2, 0.25) is 0 Å². The molecule has 0 aliphatic carbocycles. The normalized spacial score (nSPS) is 23.8. The van der Waals surface area contributed by atoms with Crippen LogP contribution >= 0.6 is 11.8 Å². The Bertz CT molecular complexity index is 108. The lowest BCUT2D eigenvalue weighted by Gasteiger charge is -2.11. The van der Waals surface area contributed by atoms with Crippen molar-refractivity contribution in [2.75, 3.05) is 18.1 Å². The first-order valence-corrected chi connectivity index (χ1v) is 6.25. The van der Waals surface area contributed by atoms with E-state index in [4.69, 9.17) is 0 Å². The van der Waals surface area contributed by atoms with Crippen molar-refractivity contribution in [1.29, 1.82) is 0 Å². The summed E-state index contributed by atoms with van der Waals surface area (Å²) in [5, 5.41) is 3.62. The molecule has 1 atom stereocenters. The average molecular weight is 187 g/mol. The molecule has 0 bridgehead atoms. The predicted octanol–water partition coefficient (Wildman–Crippen LogP) is 2.52. The van der Waals surface area contributed by atoms with Gasteiger partial charge in [-0.3, -0.25) is 0 Å². The van der Waals surface area contributed by atoms with Crippen LogP contribution in [0.1, 0.15) is 33.1 Å². The Morgan fingerprint density at radius 2 is 2.33 bits per heavy atom. The molecule has 0 aromatic carbocycles. The Labute approximate surface area is 80.7 Å². The van der Waals surface area contributed by atoms with Gasteiger partial charge in [-0.15, -0.1) is 0 Å². The molecule has 0 aromatic rings. The Balaban J connectivity index is 1.88. The van der Waals surface area contributed by atoms with Crippen molar-refractivity contribution in [3.8, 4) is 0 Å². The zero-order valence-electron chi connectivity index (χ0n) is 8.31. The lowest BCUT2D eigenvalue weighted by molar-refractivity contribution is 0.493. The van der Waals surface area contributed by atoms with Crippen molar-refractivity contribution < 1.29 is 0 Å². The second-order valence-electron chi connectivity index (χ2n) is 4.05. The third kappa shape index (κ3) is 4.36. The molecule has 1 heterocycles. The van der Waals surface area contributed by atoms with Crippen LogP contribution in [0.3, 0.4) is 0 Å². The average Bonchev–Trinajstić information content (AvgIpc) is 2.49. The molecular weight excluding hydrogens is 166 g/mol. The highest BCUT2D eigenvalue weighted by molar-refractivity contribution is 7.99. The maximum Gasteiger partial charge on any atom is 0.0166 e. The van der Waals surface area contributed by atoms with E-state index in [-0.39, 0.29) is 0 Å². The van der Waals surface area contributed by atoms with E-state index in [1.165, 1.54) is 37.3 Å². The van der Waals surface area contributed by atoms with Gasteiger partial charge in [-0.05, 0) is 37.5 Å². The number of hydrogen-bond donors (Lipinski definition) is 1. The Hall–Kier alpha value is 0.310. The number of hydrogen-bond acceptors (Lipinski definition) is 2. The van der Waals surface area contributed by atoms with Gasteiger partial charge in [0, 0.05) is 11.8 Å². The topological polar surface area (TPSA) is 12.0 Å². The minimum Gasteiger partial charge on any atom is -0.313 e. The van der Waals surface area contributed by atoms with Gasteiger partial charge in [0.1, 0.15) is 0 Å². The zero-order chi connectivity index (χ0) is 8.81. The van der Waals surface area contributed by atoms with Gasteiger partial charge in [0.15, 0.2) is 0 Å². The molecule has 0 radical (unpaired) electrons. The highest BCUT2D eigenvalue weighted by Gasteiger charge is 2.13. The summed E-state index contributed by atoms with van der Waals surface area (Å²) in [5.41, 5.74) is 0. The van der Waals surface area contributed by atoms with E-state index in [2.05, 4.69) is 30.9 Å². The van der Waals surface area contributed by atoms with Gasteiger partial charge in [0.05, 0.1) is 0 Å². The summed E-state index contributed by atoms with van der Waals surface area (Å²) in [6.45, 7) is 5.82. The summed E-state index contributed by atoms with van der Waals surface area (Å²) in [4.78, 5) is 0. The summed E-state index contributed by atoms with van der Waals surface area (Å²) < 4.78 is 0. The minimum absolute atomic E-state index is 0.821. The van der Waals surface area contributed by atoms with E-state index in [1.807, 2.05) is 0 Å². The molecule has 0 saturated carbocycles. The van der Waals surface area contributed by atoms with E-state index >= 15 is 0 Å². The van der Waals surface area contributed by atoms with Crippen LogP contribution in [0.5, 0.6) is 0 Å². The number of rotatable bonds is 5. The maximum absolute atomic E-state index is 3.62. The molecule has 2 heteroatoms. The van der Waals surface area contributed by atoms with Gasteiger partial charge in [-0.1, -0.05) is 13.8 Å². The first-order chi connectivity index (χ1) is 5.79. The largest absolute Gasteiger partial charge is 0.313 e. The van der Waals surface area contributed by atoms with Crippen molar-refractivity contribution in [2.45, 2.75) is 39.2 Å². The van der Waals surface area contributed by atoms with Gasteiger partial charge in [-0.2, -0.15) is 11.8 Å². The van der Waals surface area contributed by atoms with Gasteiger partial charge in [0.2, 0.25) is 0 Å². The molecule has 0 aromatic heterocycles. The fourth-order valence-corrected chi connectivity index (χ4v) is 2.70. The van der Waals surface area contributed by atoms with E-state index < -0.39 is 0 Å². The van der Waals surface area contributed by atoms with Gasteiger partial charge in [-0.25, -0.2) is 0 Å². The van der Waals surface area contributed by atoms with Crippen molar-refractivity contribution in [2.24, 2.45) is 5.92 Å². The molecule has 1 rings (SSSR count). The van der Waals surface area contributed by atoms with Crippen molar-refractivity contribution in [3.05, 3.63) is 0 Å². The first kappa shape index (κ1) is 10.4. The zero-order valence-corrected chi connectivity index (χ0v) is 9.12. The molecule has 1 fully saturated rings. The summed E-state index contributed by atoms with van der Waals surface area (Å²) in [6, 6.07) is 0.821. The summed E-state index contributed by atoms with van der Waals surface area (Å²) in [6.07, 6.45) is 4.10. The second-order valence-corrected chi connectivity index (χ2v) is 5.20. The third-order valence-corrected chi connectivity index (χ3v) is 3.48. The highest BCUT2D eigenvalue weighted by atomic mass is 32.2. The van der Waals surface area contributed by atoms with Crippen molar-refractivity contribution in [1.82, 2.24) is 5.32 Å². The van der Waals surface area contributed by atoms with Crippen molar-refractivity contribution >= 4 is 11.8 Å². The Kier molecular flexibility index (Phi) is 5.08. The summed E-state index contributed by atoms with van der Waals surface area (Å²) in [5.74, 6) is 3.56. The van der Waals surface area contributed by atoms with Crippen LogP contribution in [-0.4, -0.2) is 24.1 Å². The molecule has 1 N–H and O–H groups in total. The minimum atomic E-state index is 0.821. The molecule has 1 aliphatic heterocycles. The molecule has 0 amide bonds.